The van der Waals surface area contributed by atoms with Gasteiger partial charge in [0.1, 0.15) is 0 Å². The fourth-order valence-electron chi connectivity index (χ4n) is 2.18. The third kappa shape index (κ3) is 3.00. The van der Waals surface area contributed by atoms with E-state index in [1.807, 2.05) is 0 Å². The molecule has 1 aromatic heterocycles. The summed E-state index contributed by atoms with van der Waals surface area (Å²) >= 11 is 0. The molecular formula is C12H22N6. The van der Waals surface area contributed by atoms with Crippen molar-refractivity contribution < 1.29 is 0 Å². The van der Waals surface area contributed by atoms with E-state index in [1.54, 1.807) is 0 Å². The Morgan fingerprint density at radius 3 is 2.44 bits per heavy atom. The summed E-state index contributed by atoms with van der Waals surface area (Å²) in [4.78, 5) is 15.0. The Morgan fingerprint density at radius 1 is 1.17 bits per heavy atom. The van der Waals surface area contributed by atoms with Gasteiger partial charge in [0.25, 0.3) is 0 Å². The van der Waals surface area contributed by atoms with Crippen molar-refractivity contribution in [2.24, 2.45) is 0 Å². The molecule has 0 bridgehead atoms. The molecule has 0 atom stereocenters. The van der Waals surface area contributed by atoms with Crippen LogP contribution in [0.2, 0.25) is 0 Å². The van der Waals surface area contributed by atoms with Crippen LogP contribution in [0.3, 0.4) is 0 Å². The summed E-state index contributed by atoms with van der Waals surface area (Å²) < 4.78 is 0. The molecule has 0 amide bonds. The van der Waals surface area contributed by atoms with Crippen molar-refractivity contribution in [2.45, 2.75) is 45.6 Å². The van der Waals surface area contributed by atoms with Gasteiger partial charge in [0.05, 0.1) is 0 Å². The van der Waals surface area contributed by atoms with Gasteiger partial charge in [0.15, 0.2) is 0 Å². The van der Waals surface area contributed by atoms with Crippen LogP contribution in [0.15, 0.2) is 0 Å². The molecule has 0 unspecified atom stereocenters. The molecule has 1 saturated heterocycles. The predicted octanol–water partition coefficient (Wildman–Crippen LogP) is 1.65. The van der Waals surface area contributed by atoms with E-state index in [1.165, 1.54) is 12.8 Å². The fourth-order valence-corrected chi connectivity index (χ4v) is 2.18. The maximum atomic E-state index is 5.76. The maximum Gasteiger partial charge on any atom is 0.231 e. The Balaban J connectivity index is 2.15. The van der Waals surface area contributed by atoms with Gasteiger partial charge in [-0.15, -0.1) is 0 Å². The standard InChI is InChI=1S/C12H22N6/c1-3-9(4-2)14-11-15-10(13)16-12(17-11)18-7-5-6-8-18/h9H,3-8H2,1-2H3,(H3,13,14,15,16,17). The molecule has 1 aliphatic heterocycles. The van der Waals surface area contributed by atoms with Crippen LogP contribution in [0.1, 0.15) is 39.5 Å². The lowest BCUT2D eigenvalue weighted by molar-refractivity contribution is 0.663. The molecule has 0 aromatic carbocycles. The minimum Gasteiger partial charge on any atom is -0.368 e. The topological polar surface area (TPSA) is 80.0 Å². The molecule has 0 aliphatic carbocycles. The lowest BCUT2D eigenvalue weighted by Crippen LogP contribution is -2.24. The van der Waals surface area contributed by atoms with E-state index >= 15 is 0 Å². The van der Waals surface area contributed by atoms with E-state index in [0.717, 1.165) is 25.9 Å². The fraction of sp³-hybridized carbons (Fsp3) is 0.750. The lowest BCUT2D eigenvalue weighted by Gasteiger charge is -2.18. The highest BCUT2D eigenvalue weighted by Gasteiger charge is 2.17. The summed E-state index contributed by atoms with van der Waals surface area (Å²) in [5.41, 5.74) is 5.76. The second-order valence-electron chi connectivity index (χ2n) is 4.67. The first-order chi connectivity index (χ1) is 8.72. The Hall–Kier alpha value is -1.59. The molecule has 6 heteroatoms. The monoisotopic (exact) mass is 250 g/mol. The van der Waals surface area contributed by atoms with Gasteiger partial charge in [0.2, 0.25) is 17.8 Å². The lowest BCUT2D eigenvalue weighted by atomic mass is 10.2. The van der Waals surface area contributed by atoms with Crippen LogP contribution in [-0.2, 0) is 0 Å². The van der Waals surface area contributed by atoms with Crippen LogP contribution in [0.25, 0.3) is 0 Å². The zero-order valence-corrected chi connectivity index (χ0v) is 11.2. The Morgan fingerprint density at radius 2 is 1.83 bits per heavy atom. The summed E-state index contributed by atoms with van der Waals surface area (Å²) in [5.74, 6) is 1.59. The number of nitrogens with one attached hydrogen (secondary N) is 1. The van der Waals surface area contributed by atoms with Crippen LogP contribution in [0.4, 0.5) is 17.8 Å². The van der Waals surface area contributed by atoms with E-state index in [4.69, 9.17) is 5.73 Å². The molecule has 0 saturated carbocycles. The first-order valence-corrected chi connectivity index (χ1v) is 6.76. The predicted molar refractivity (Wildman–Crippen MR) is 73.7 cm³/mol. The van der Waals surface area contributed by atoms with Crippen LogP contribution in [-0.4, -0.2) is 34.1 Å². The molecule has 1 aliphatic rings. The second-order valence-corrected chi connectivity index (χ2v) is 4.67. The van der Waals surface area contributed by atoms with Crippen molar-refractivity contribution in [2.75, 3.05) is 29.0 Å². The molecule has 0 radical (unpaired) electrons. The summed E-state index contributed by atoms with van der Waals surface area (Å²) in [5, 5.41) is 3.31. The van der Waals surface area contributed by atoms with Crippen LogP contribution in [0, 0.1) is 0 Å². The largest absolute Gasteiger partial charge is 0.368 e. The van der Waals surface area contributed by atoms with E-state index in [0.29, 0.717) is 23.9 Å². The quantitative estimate of drug-likeness (QED) is 0.827. The van der Waals surface area contributed by atoms with Gasteiger partial charge in [-0.25, -0.2) is 0 Å². The molecule has 6 nitrogen and oxygen atoms in total. The summed E-state index contributed by atoms with van der Waals surface area (Å²) in [6, 6.07) is 0.387. The highest BCUT2D eigenvalue weighted by atomic mass is 15.3. The molecule has 1 aromatic rings. The van der Waals surface area contributed by atoms with Crippen molar-refractivity contribution in [1.29, 1.82) is 0 Å². The van der Waals surface area contributed by atoms with Gasteiger partial charge in [-0.2, -0.15) is 15.0 Å². The van der Waals surface area contributed by atoms with Crippen molar-refractivity contribution in [3.63, 3.8) is 0 Å². The molecule has 3 N–H and O–H groups in total. The number of aromatic nitrogens is 3. The highest BCUT2D eigenvalue weighted by molar-refractivity contribution is 5.42. The summed E-state index contributed by atoms with van der Waals surface area (Å²) in [6.45, 7) is 6.31. The molecule has 100 valence electrons. The smallest absolute Gasteiger partial charge is 0.231 e. The van der Waals surface area contributed by atoms with E-state index in [-0.39, 0.29) is 0 Å². The van der Waals surface area contributed by atoms with Crippen molar-refractivity contribution in [3.05, 3.63) is 0 Å². The van der Waals surface area contributed by atoms with Crippen molar-refractivity contribution in [1.82, 2.24) is 15.0 Å². The Kier molecular flexibility index (Phi) is 4.17. The maximum absolute atomic E-state index is 5.76. The average molecular weight is 250 g/mol. The summed E-state index contributed by atoms with van der Waals surface area (Å²) in [7, 11) is 0. The number of nitrogens with zero attached hydrogens (tertiary/aromatic N) is 4. The number of anilines is 3. The second kappa shape index (κ2) is 5.84. The summed E-state index contributed by atoms with van der Waals surface area (Å²) in [6.07, 6.45) is 4.48. The van der Waals surface area contributed by atoms with Gasteiger partial charge >= 0.3 is 0 Å². The number of nitrogen functional groups attached to an aromatic ring is 1. The van der Waals surface area contributed by atoms with Gasteiger partial charge in [0, 0.05) is 19.1 Å². The molecule has 1 fully saturated rings. The molecule has 18 heavy (non-hydrogen) atoms. The Labute approximate surface area is 108 Å². The van der Waals surface area contributed by atoms with Gasteiger partial charge < -0.3 is 16.0 Å². The molecule has 0 spiro atoms. The van der Waals surface area contributed by atoms with E-state index in [2.05, 4.69) is 39.0 Å². The SMILES string of the molecule is CCC(CC)Nc1nc(N)nc(N2CCCC2)n1. The number of hydrogen-bond donors (Lipinski definition) is 2. The number of nitrogens with two attached hydrogens (primary N) is 1. The third-order valence-electron chi connectivity index (χ3n) is 3.35. The first-order valence-electron chi connectivity index (χ1n) is 6.76. The van der Waals surface area contributed by atoms with Crippen molar-refractivity contribution >= 4 is 17.8 Å². The zero-order valence-electron chi connectivity index (χ0n) is 11.2. The molecule has 2 heterocycles. The molecule has 2 rings (SSSR count). The van der Waals surface area contributed by atoms with Gasteiger partial charge in [-0.1, -0.05) is 13.8 Å². The number of hydrogen-bond acceptors (Lipinski definition) is 6. The zero-order chi connectivity index (χ0) is 13.0. The Bertz CT molecular complexity index is 384. The third-order valence-corrected chi connectivity index (χ3v) is 3.35. The van der Waals surface area contributed by atoms with E-state index in [9.17, 15) is 0 Å². The minimum atomic E-state index is 0.292. The average Bonchev–Trinajstić information content (AvgIpc) is 2.89. The highest BCUT2D eigenvalue weighted by Crippen LogP contribution is 2.18. The minimum absolute atomic E-state index is 0.292. The molecular weight excluding hydrogens is 228 g/mol. The van der Waals surface area contributed by atoms with Crippen LogP contribution in [0.5, 0.6) is 0 Å². The van der Waals surface area contributed by atoms with E-state index < -0.39 is 0 Å². The normalized spacial score (nSPS) is 15.4. The number of rotatable bonds is 5. The van der Waals surface area contributed by atoms with Crippen molar-refractivity contribution in [3.8, 4) is 0 Å². The first kappa shape index (κ1) is 12.9. The van der Waals surface area contributed by atoms with Crippen LogP contribution >= 0.6 is 0 Å². The van der Waals surface area contributed by atoms with Gasteiger partial charge in [-0.05, 0) is 25.7 Å². The van der Waals surface area contributed by atoms with Crippen LogP contribution < -0.4 is 16.0 Å². The van der Waals surface area contributed by atoms with Gasteiger partial charge in [-0.3, -0.25) is 0 Å².